The second-order valence-corrected chi connectivity index (χ2v) is 5.67. The van der Waals surface area contributed by atoms with E-state index in [9.17, 15) is 10.1 Å². The molecule has 1 aromatic rings. The van der Waals surface area contributed by atoms with E-state index in [2.05, 4.69) is 10.2 Å². The van der Waals surface area contributed by atoms with Gasteiger partial charge in [-0.1, -0.05) is 0 Å². The molecule has 0 amide bonds. The van der Waals surface area contributed by atoms with Crippen LogP contribution in [-0.4, -0.2) is 31.1 Å². The molecule has 1 N–H and O–H groups in total. The highest BCUT2D eigenvalue weighted by atomic mass is 16.6. The second kappa shape index (κ2) is 4.76. The van der Waals surface area contributed by atoms with Crippen molar-refractivity contribution in [2.24, 2.45) is 5.41 Å². The Balaban J connectivity index is 1.87. The lowest BCUT2D eigenvalue weighted by atomic mass is 9.86. The molecular formula is C14H16N4O2. The molecule has 104 valence electrons. The quantitative estimate of drug-likeness (QED) is 0.654. The molecule has 1 spiro atoms. The average Bonchev–Trinajstić information content (AvgIpc) is 3.09. The van der Waals surface area contributed by atoms with Gasteiger partial charge in [0.25, 0.3) is 5.69 Å². The van der Waals surface area contributed by atoms with E-state index >= 15 is 0 Å². The summed E-state index contributed by atoms with van der Waals surface area (Å²) in [6, 6.07) is 6.76. The SMILES string of the molecule is N#Cc1ccc(N2CCC3(CCNC3)C2)cc1[N+](=O)[O-]. The van der Waals surface area contributed by atoms with E-state index in [4.69, 9.17) is 5.26 Å². The highest BCUT2D eigenvalue weighted by Gasteiger charge is 2.40. The third-order valence-electron chi connectivity index (χ3n) is 4.43. The zero-order valence-corrected chi connectivity index (χ0v) is 11.1. The minimum atomic E-state index is -0.481. The number of benzene rings is 1. The Morgan fingerprint density at radius 2 is 2.30 bits per heavy atom. The molecule has 2 saturated heterocycles. The predicted molar refractivity (Wildman–Crippen MR) is 74.6 cm³/mol. The zero-order chi connectivity index (χ0) is 14.2. The number of hydrogen-bond donors (Lipinski definition) is 1. The van der Waals surface area contributed by atoms with Crippen molar-refractivity contribution in [3.63, 3.8) is 0 Å². The van der Waals surface area contributed by atoms with Gasteiger partial charge >= 0.3 is 0 Å². The maximum Gasteiger partial charge on any atom is 0.289 e. The number of nitro groups is 1. The monoisotopic (exact) mass is 272 g/mol. The van der Waals surface area contributed by atoms with Crippen molar-refractivity contribution in [2.75, 3.05) is 31.1 Å². The van der Waals surface area contributed by atoms with Crippen molar-refractivity contribution in [1.82, 2.24) is 5.32 Å². The van der Waals surface area contributed by atoms with Crippen molar-refractivity contribution >= 4 is 11.4 Å². The fraction of sp³-hybridized carbons (Fsp3) is 0.500. The van der Waals surface area contributed by atoms with Gasteiger partial charge in [-0.3, -0.25) is 10.1 Å². The lowest BCUT2D eigenvalue weighted by Gasteiger charge is -2.24. The molecule has 1 aromatic carbocycles. The Morgan fingerprint density at radius 1 is 1.45 bits per heavy atom. The van der Waals surface area contributed by atoms with Crippen LogP contribution in [0.15, 0.2) is 18.2 Å². The van der Waals surface area contributed by atoms with Crippen LogP contribution in [0.5, 0.6) is 0 Å². The molecule has 2 aliphatic rings. The van der Waals surface area contributed by atoms with Gasteiger partial charge in [-0.15, -0.1) is 0 Å². The normalized spacial score (nSPS) is 25.1. The van der Waals surface area contributed by atoms with Gasteiger partial charge in [-0.25, -0.2) is 0 Å². The van der Waals surface area contributed by atoms with E-state index in [1.165, 1.54) is 12.5 Å². The van der Waals surface area contributed by atoms with Gasteiger partial charge in [-0.05, 0) is 31.5 Å². The number of nitro benzene ring substituents is 1. The molecule has 0 aromatic heterocycles. The minimum absolute atomic E-state index is 0.101. The van der Waals surface area contributed by atoms with Gasteiger partial charge in [0.2, 0.25) is 0 Å². The summed E-state index contributed by atoms with van der Waals surface area (Å²) in [7, 11) is 0. The van der Waals surface area contributed by atoms with Gasteiger partial charge in [0, 0.05) is 36.8 Å². The maximum atomic E-state index is 11.0. The summed E-state index contributed by atoms with van der Waals surface area (Å²) in [6.07, 6.45) is 2.29. The topological polar surface area (TPSA) is 82.2 Å². The first-order valence-electron chi connectivity index (χ1n) is 6.78. The molecule has 1 unspecified atom stereocenters. The smallest absolute Gasteiger partial charge is 0.289 e. The molecule has 6 heteroatoms. The molecule has 2 aliphatic heterocycles. The first kappa shape index (κ1) is 12.9. The average molecular weight is 272 g/mol. The molecule has 0 bridgehead atoms. The maximum absolute atomic E-state index is 11.0. The Hall–Kier alpha value is -2.13. The number of nitrogens with one attached hydrogen (secondary N) is 1. The fourth-order valence-electron chi connectivity index (χ4n) is 3.26. The molecular weight excluding hydrogens is 256 g/mol. The third kappa shape index (κ3) is 2.10. The van der Waals surface area contributed by atoms with Gasteiger partial charge in [0.05, 0.1) is 4.92 Å². The molecule has 6 nitrogen and oxygen atoms in total. The zero-order valence-electron chi connectivity index (χ0n) is 11.1. The highest BCUT2D eigenvalue weighted by molar-refractivity contribution is 5.60. The van der Waals surface area contributed by atoms with Gasteiger partial charge in [-0.2, -0.15) is 5.26 Å². The van der Waals surface area contributed by atoms with Crippen molar-refractivity contribution in [1.29, 1.82) is 5.26 Å². The lowest BCUT2D eigenvalue weighted by molar-refractivity contribution is -0.385. The highest BCUT2D eigenvalue weighted by Crippen LogP contribution is 2.39. The summed E-state index contributed by atoms with van der Waals surface area (Å²) >= 11 is 0. The number of anilines is 1. The molecule has 1 atom stereocenters. The molecule has 20 heavy (non-hydrogen) atoms. The number of rotatable bonds is 2. The standard InChI is InChI=1S/C14H16N4O2/c15-8-11-1-2-12(7-13(11)18(19)20)17-6-4-14(10-17)3-5-16-9-14/h1-2,7,16H,3-6,9-10H2. The molecule has 0 aliphatic carbocycles. The summed E-state index contributed by atoms with van der Waals surface area (Å²) in [5.41, 5.74) is 1.19. The molecule has 3 rings (SSSR count). The van der Waals surface area contributed by atoms with Crippen LogP contribution in [0.3, 0.4) is 0 Å². The van der Waals surface area contributed by atoms with Crippen LogP contribution in [0.2, 0.25) is 0 Å². The van der Waals surface area contributed by atoms with Crippen LogP contribution in [0.4, 0.5) is 11.4 Å². The number of hydrogen-bond acceptors (Lipinski definition) is 5. The summed E-state index contributed by atoms with van der Waals surface area (Å²) in [4.78, 5) is 12.7. The summed E-state index contributed by atoms with van der Waals surface area (Å²) < 4.78 is 0. The summed E-state index contributed by atoms with van der Waals surface area (Å²) in [5, 5.41) is 23.3. The van der Waals surface area contributed by atoms with Crippen LogP contribution in [0.25, 0.3) is 0 Å². The number of nitriles is 1. The van der Waals surface area contributed by atoms with Crippen LogP contribution in [0, 0.1) is 26.9 Å². The first-order valence-corrected chi connectivity index (χ1v) is 6.78. The van der Waals surface area contributed by atoms with Gasteiger partial charge in [0.15, 0.2) is 0 Å². The van der Waals surface area contributed by atoms with Crippen LogP contribution in [0.1, 0.15) is 18.4 Å². The van der Waals surface area contributed by atoms with Gasteiger partial charge < -0.3 is 10.2 Å². The van der Waals surface area contributed by atoms with Crippen molar-refractivity contribution in [2.45, 2.75) is 12.8 Å². The largest absolute Gasteiger partial charge is 0.371 e. The first-order chi connectivity index (χ1) is 9.63. The molecule has 2 fully saturated rings. The third-order valence-corrected chi connectivity index (χ3v) is 4.43. The van der Waals surface area contributed by atoms with Crippen LogP contribution in [-0.2, 0) is 0 Å². The van der Waals surface area contributed by atoms with E-state index in [0.29, 0.717) is 5.41 Å². The molecule has 2 heterocycles. The molecule has 0 radical (unpaired) electrons. The Kier molecular flexibility index (Phi) is 3.07. The van der Waals surface area contributed by atoms with E-state index in [0.717, 1.165) is 38.3 Å². The summed E-state index contributed by atoms with van der Waals surface area (Å²) in [6.45, 7) is 3.94. The fourth-order valence-corrected chi connectivity index (χ4v) is 3.26. The lowest BCUT2D eigenvalue weighted by Crippen LogP contribution is -2.29. The Bertz CT molecular complexity index is 587. The number of nitrogens with zero attached hydrogens (tertiary/aromatic N) is 3. The van der Waals surface area contributed by atoms with E-state index in [1.807, 2.05) is 12.1 Å². The molecule has 0 saturated carbocycles. The second-order valence-electron chi connectivity index (χ2n) is 5.67. The van der Waals surface area contributed by atoms with E-state index in [-0.39, 0.29) is 11.3 Å². The van der Waals surface area contributed by atoms with Crippen molar-refractivity contribution in [3.05, 3.63) is 33.9 Å². The van der Waals surface area contributed by atoms with Crippen LogP contribution >= 0.6 is 0 Å². The van der Waals surface area contributed by atoms with Gasteiger partial charge in [0.1, 0.15) is 11.6 Å². The minimum Gasteiger partial charge on any atom is -0.371 e. The predicted octanol–water partition coefficient (Wildman–Crippen LogP) is 1.66. The van der Waals surface area contributed by atoms with Crippen LogP contribution < -0.4 is 10.2 Å². The Morgan fingerprint density at radius 3 is 2.95 bits per heavy atom. The van der Waals surface area contributed by atoms with Crippen molar-refractivity contribution in [3.8, 4) is 6.07 Å². The van der Waals surface area contributed by atoms with E-state index in [1.54, 1.807) is 6.07 Å². The van der Waals surface area contributed by atoms with Crippen molar-refractivity contribution < 1.29 is 4.92 Å². The summed E-state index contributed by atoms with van der Waals surface area (Å²) in [5.74, 6) is 0. The Labute approximate surface area is 117 Å². The van der Waals surface area contributed by atoms with E-state index < -0.39 is 4.92 Å².